The molecule has 0 unspecified atom stereocenters. The first-order valence-electron chi connectivity index (χ1n) is 7.87. The fraction of sp³-hybridized carbons (Fsp3) is 0.105. The molecule has 0 bridgehead atoms. The fourth-order valence-corrected chi connectivity index (χ4v) is 3.26. The van der Waals surface area contributed by atoms with Crippen LogP contribution >= 0.6 is 27.5 Å². The number of hydrogen-bond donors (Lipinski definition) is 1. The minimum atomic E-state index is -0.641. The lowest BCUT2D eigenvalue weighted by atomic mass is 9.98. The van der Waals surface area contributed by atoms with Crippen molar-refractivity contribution in [2.75, 3.05) is 5.32 Å². The zero-order valence-corrected chi connectivity index (χ0v) is 16.7. The molecule has 0 radical (unpaired) electrons. The molecule has 0 fully saturated rings. The number of hydrogen-bond acceptors (Lipinski definition) is 3. The van der Waals surface area contributed by atoms with E-state index in [9.17, 15) is 14.0 Å². The third kappa shape index (κ3) is 3.79. The molecule has 0 aliphatic carbocycles. The zero-order valence-electron chi connectivity index (χ0n) is 14.4. The van der Waals surface area contributed by atoms with Crippen LogP contribution in [-0.2, 0) is 7.05 Å². The summed E-state index contributed by atoms with van der Waals surface area (Å²) in [6.45, 7) is 1.74. The zero-order chi connectivity index (χ0) is 19.7. The number of benzene rings is 2. The van der Waals surface area contributed by atoms with Gasteiger partial charge in [-0.3, -0.25) is 9.59 Å². The lowest BCUT2D eigenvalue weighted by Crippen LogP contribution is -2.29. The Bertz CT molecular complexity index is 1110. The summed E-state index contributed by atoms with van der Waals surface area (Å²) in [5.41, 5.74) is 1.41. The Hall–Kier alpha value is -2.51. The molecule has 0 spiro atoms. The lowest BCUT2D eigenvalue weighted by molar-refractivity contribution is 0.102. The number of carbonyl (C=O) groups is 1. The van der Waals surface area contributed by atoms with Gasteiger partial charge in [0.05, 0.1) is 5.02 Å². The maximum Gasteiger partial charge on any atom is 0.279 e. The number of aryl methyl sites for hydroxylation is 1. The van der Waals surface area contributed by atoms with E-state index in [-0.39, 0.29) is 11.3 Å². The Balaban J connectivity index is 2.06. The Morgan fingerprint density at radius 1 is 1.26 bits per heavy atom. The molecule has 0 atom stereocenters. The molecule has 1 aromatic heterocycles. The Morgan fingerprint density at radius 3 is 2.74 bits per heavy atom. The second-order valence-electron chi connectivity index (χ2n) is 5.86. The van der Waals surface area contributed by atoms with Crippen molar-refractivity contribution in [2.24, 2.45) is 7.05 Å². The first kappa shape index (κ1) is 19.3. The van der Waals surface area contributed by atoms with Crippen LogP contribution < -0.4 is 10.9 Å². The van der Waals surface area contributed by atoms with Crippen LogP contribution in [0.5, 0.6) is 0 Å². The standard InChI is InChI=1S/C19H14BrClFN3O2/c1-10-14(12-4-3-5-15(20)17(12)21)8-11(22)9-16(10)24-18(26)13-6-7-23-25(2)19(13)27/h3-9H,1-2H3,(H,24,26). The van der Waals surface area contributed by atoms with Gasteiger partial charge in [0.15, 0.2) is 0 Å². The summed E-state index contributed by atoms with van der Waals surface area (Å²) in [6.07, 6.45) is 1.35. The number of carbonyl (C=O) groups excluding carboxylic acids is 1. The Kier molecular flexibility index (Phi) is 5.43. The molecule has 0 aliphatic rings. The molecule has 0 aliphatic heterocycles. The minimum absolute atomic E-state index is 0.0850. The van der Waals surface area contributed by atoms with E-state index in [0.29, 0.717) is 26.2 Å². The van der Waals surface area contributed by atoms with Crippen LogP contribution in [0, 0.1) is 12.7 Å². The molecule has 1 heterocycles. The first-order chi connectivity index (χ1) is 12.8. The molecule has 3 aromatic rings. The van der Waals surface area contributed by atoms with Crippen LogP contribution in [0.2, 0.25) is 5.02 Å². The van der Waals surface area contributed by atoms with Crippen molar-refractivity contribution in [1.29, 1.82) is 0 Å². The molecule has 8 heteroatoms. The topological polar surface area (TPSA) is 64.0 Å². The molecule has 1 amide bonds. The number of halogens is 3. The molecule has 0 saturated carbocycles. The van der Waals surface area contributed by atoms with Gasteiger partial charge in [0, 0.05) is 29.0 Å². The highest BCUT2D eigenvalue weighted by Crippen LogP contribution is 2.37. The number of rotatable bonds is 3. The third-order valence-electron chi connectivity index (χ3n) is 4.11. The van der Waals surface area contributed by atoms with Gasteiger partial charge in [0.25, 0.3) is 11.5 Å². The normalized spacial score (nSPS) is 10.7. The van der Waals surface area contributed by atoms with Crippen molar-refractivity contribution in [3.05, 3.63) is 79.4 Å². The maximum atomic E-state index is 14.2. The minimum Gasteiger partial charge on any atom is -0.321 e. The third-order valence-corrected chi connectivity index (χ3v) is 5.41. The van der Waals surface area contributed by atoms with Crippen LogP contribution in [0.3, 0.4) is 0 Å². The highest BCUT2D eigenvalue weighted by atomic mass is 79.9. The van der Waals surface area contributed by atoms with Crippen molar-refractivity contribution in [3.63, 3.8) is 0 Å². The van der Waals surface area contributed by atoms with Gasteiger partial charge in [-0.25, -0.2) is 9.07 Å². The van der Waals surface area contributed by atoms with Gasteiger partial charge in [0.2, 0.25) is 0 Å². The summed E-state index contributed by atoms with van der Waals surface area (Å²) in [5, 5.41) is 6.82. The predicted octanol–water partition coefficient (Wildman–Crippen LogP) is 4.56. The molecule has 0 saturated heterocycles. The lowest BCUT2D eigenvalue weighted by Gasteiger charge is -2.15. The number of aromatic nitrogens is 2. The van der Waals surface area contributed by atoms with E-state index in [0.717, 1.165) is 4.68 Å². The van der Waals surface area contributed by atoms with E-state index in [4.69, 9.17) is 11.6 Å². The van der Waals surface area contributed by atoms with E-state index in [1.807, 2.05) is 0 Å². The van der Waals surface area contributed by atoms with Crippen LogP contribution in [0.15, 0.2) is 51.9 Å². The highest BCUT2D eigenvalue weighted by Gasteiger charge is 2.17. The van der Waals surface area contributed by atoms with Gasteiger partial charge >= 0.3 is 0 Å². The average molecular weight is 451 g/mol. The summed E-state index contributed by atoms with van der Waals surface area (Å²) in [5.74, 6) is -1.18. The Morgan fingerprint density at radius 2 is 2.00 bits per heavy atom. The van der Waals surface area contributed by atoms with Crippen molar-refractivity contribution in [2.45, 2.75) is 6.92 Å². The smallest absolute Gasteiger partial charge is 0.279 e. The number of amides is 1. The quantitative estimate of drug-likeness (QED) is 0.636. The van der Waals surface area contributed by atoms with E-state index in [1.165, 1.54) is 31.4 Å². The molecule has 2 aromatic carbocycles. The van der Waals surface area contributed by atoms with Gasteiger partial charge in [-0.1, -0.05) is 23.7 Å². The summed E-state index contributed by atoms with van der Waals surface area (Å²) in [6, 6.07) is 9.20. The van der Waals surface area contributed by atoms with Crippen molar-refractivity contribution < 1.29 is 9.18 Å². The largest absolute Gasteiger partial charge is 0.321 e. The van der Waals surface area contributed by atoms with E-state index < -0.39 is 17.3 Å². The number of nitrogens with one attached hydrogen (secondary N) is 1. The second-order valence-corrected chi connectivity index (χ2v) is 7.09. The summed E-state index contributed by atoms with van der Waals surface area (Å²) < 4.78 is 16.0. The molecular weight excluding hydrogens is 437 g/mol. The monoisotopic (exact) mass is 449 g/mol. The van der Waals surface area contributed by atoms with E-state index >= 15 is 0 Å². The molecule has 27 heavy (non-hydrogen) atoms. The van der Waals surface area contributed by atoms with Crippen LogP contribution in [0.1, 0.15) is 15.9 Å². The van der Waals surface area contributed by atoms with Crippen molar-refractivity contribution >= 4 is 39.1 Å². The van der Waals surface area contributed by atoms with Gasteiger partial charge < -0.3 is 5.32 Å². The first-order valence-corrected chi connectivity index (χ1v) is 9.05. The molecule has 138 valence electrons. The van der Waals surface area contributed by atoms with Crippen LogP contribution in [0.4, 0.5) is 10.1 Å². The van der Waals surface area contributed by atoms with Crippen molar-refractivity contribution in [3.8, 4) is 11.1 Å². The second kappa shape index (κ2) is 7.62. The van der Waals surface area contributed by atoms with E-state index in [2.05, 4.69) is 26.3 Å². The predicted molar refractivity (Wildman–Crippen MR) is 107 cm³/mol. The summed E-state index contributed by atoms with van der Waals surface area (Å²) in [4.78, 5) is 24.6. The fourth-order valence-electron chi connectivity index (χ4n) is 2.67. The van der Waals surface area contributed by atoms with Crippen LogP contribution in [-0.4, -0.2) is 15.7 Å². The Labute approximate surface area is 167 Å². The summed E-state index contributed by atoms with van der Waals surface area (Å²) >= 11 is 9.69. The van der Waals surface area contributed by atoms with Gasteiger partial charge in [-0.05, 0) is 58.2 Å². The maximum absolute atomic E-state index is 14.2. The number of nitrogens with zero attached hydrogens (tertiary/aromatic N) is 2. The van der Waals surface area contributed by atoms with Gasteiger partial charge in [0.1, 0.15) is 11.4 Å². The van der Waals surface area contributed by atoms with Crippen LogP contribution in [0.25, 0.3) is 11.1 Å². The van der Waals surface area contributed by atoms with Crippen molar-refractivity contribution in [1.82, 2.24) is 9.78 Å². The van der Waals surface area contributed by atoms with E-state index in [1.54, 1.807) is 25.1 Å². The van der Waals surface area contributed by atoms with Gasteiger partial charge in [-0.15, -0.1) is 0 Å². The molecule has 3 rings (SSSR count). The SMILES string of the molecule is Cc1c(NC(=O)c2ccnn(C)c2=O)cc(F)cc1-c1cccc(Br)c1Cl. The average Bonchev–Trinajstić information content (AvgIpc) is 2.62. The summed E-state index contributed by atoms with van der Waals surface area (Å²) in [7, 11) is 1.44. The molecular formula is C19H14BrClFN3O2. The highest BCUT2D eigenvalue weighted by molar-refractivity contribution is 9.10. The molecule has 5 nitrogen and oxygen atoms in total. The number of anilines is 1. The molecule has 1 N–H and O–H groups in total. The van der Waals surface area contributed by atoms with Gasteiger partial charge in [-0.2, -0.15) is 5.10 Å².